The predicted molar refractivity (Wildman–Crippen MR) is 110 cm³/mol. The van der Waals surface area contributed by atoms with Gasteiger partial charge in [0.25, 0.3) is 5.91 Å². The van der Waals surface area contributed by atoms with Crippen molar-refractivity contribution in [3.05, 3.63) is 76.7 Å². The van der Waals surface area contributed by atoms with Crippen molar-refractivity contribution in [2.45, 2.75) is 6.18 Å². The maximum Gasteiger partial charge on any atom is 0.433 e. The van der Waals surface area contributed by atoms with Gasteiger partial charge in [-0.3, -0.25) is 9.78 Å². The summed E-state index contributed by atoms with van der Waals surface area (Å²) in [4.78, 5) is 20.0. The molecule has 0 aliphatic rings. The number of ether oxygens (including phenoxy) is 1. The minimum Gasteiger partial charge on any atom is -0.495 e. The highest BCUT2D eigenvalue weighted by atomic mass is 35.5. The van der Waals surface area contributed by atoms with Gasteiger partial charge in [0.2, 0.25) is 0 Å². The molecule has 2 heterocycles. The van der Waals surface area contributed by atoms with Crippen LogP contribution in [0.25, 0.3) is 0 Å². The second-order valence-corrected chi connectivity index (χ2v) is 6.48. The van der Waals surface area contributed by atoms with Gasteiger partial charge in [0.05, 0.1) is 24.6 Å². The Morgan fingerprint density at radius 2 is 1.90 bits per heavy atom. The monoisotopic (exact) mass is 449 g/mol. The van der Waals surface area contributed by atoms with Gasteiger partial charge in [-0.1, -0.05) is 11.6 Å². The van der Waals surface area contributed by atoms with Gasteiger partial charge < -0.3 is 10.1 Å². The van der Waals surface area contributed by atoms with Crippen LogP contribution in [-0.4, -0.2) is 29.2 Å². The number of aromatic nitrogens is 2. The lowest BCUT2D eigenvalue weighted by molar-refractivity contribution is -0.141. The molecular formula is C20H15ClF3N5O2. The van der Waals surface area contributed by atoms with Crippen LogP contribution < -0.4 is 15.5 Å². The van der Waals surface area contributed by atoms with E-state index in [1.807, 2.05) is 0 Å². The molecule has 31 heavy (non-hydrogen) atoms. The third-order valence-electron chi connectivity index (χ3n) is 3.93. The number of amides is 1. The van der Waals surface area contributed by atoms with Crippen LogP contribution in [0.1, 0.15) is 21.6 Å². The number of carbonyl (C=O) groups excluding carboxylic acids is 1. The molecule has 0 bridgehead atoms. The van der Waals surface area contributed by atoms with Crippen LogP contribution in [0.4, 0.5) is 24.7 Å². The van der Waals surface area contributed by atoms with Crippen LogP contribution in [0.5, 0.6) is 5.75 Å². The Balaban J connectivity index is 1.93. The fourth-order valence-corrected chi connectivity index (χ4v) is 2.65. The molecule has 0 fully saturated rings. The standard InChI is InChI=1S/C20H15ClF3N5O2/c1-31-16-4-2-13(21)10-15(16)27-18-14(3-5-17(28-18)20(22,23)24)19(30)29-26-11-12-6-8-25-9-7-12/h2-11H,1H3,(H,27,28)(H,29,30)/b26-11+. The highest BCUT2D eigenvalue weighted by Crippen LogP contribution is 2.33. The summed E-state index contributed by atoms with van der Waals surface area (Å²) in [5.41, 5.74) is 1.83. The number of nitrogens with one attached hydrogen (secondary N) is 2. The van der Waals surface area contributed by atoms with Gasteiger partial charge in [-0.15, -0.1) is 0 Å². The number of benzene rings is 1. The number of nitrogens with zero attached hydrogens (tertiary/aromatic N) is 3. The summed E-state index contributed by atoms with van der Waals surface area (Å²) in [6.07, 6.45) is -0.250. The number of methoxy groups -OCH3 is 1. The number of hydrazone groups is 1. The third-order valence-corrected chi connectivity index (χ3v) is 4.17. The molecule has 0 saturated carbocycles. The van der Waals surface area contributed by atoms with E-state index >= 15 is 0 Å². The number of hydrogen-bond acceptors (Lipinski definition) is 6. The Labute approximate surface area is 179 Å². The van der Waals surface area contributed by atoms with Gasteiger partial charge in [-0.25, -0.2) is 10.4 Å². The zero-order valence-electron chi connectivity index (χ0n) is 15.9. The van der Waals surface area contributed by atoms with Crippen molar-refractivity contribution in [2.75, 3.05) is 12.4 Å². The van der Waals surface area contributed by atoms with E-state index in [4.69, 9.17) is 16.3 Å². The lowest BCUT2D eigenvalue weighted by Crippen LogP contribution is -2.21. The van der Waals surface area contributed by atoms with E-state index in [2.05, 4.69) is 25.8 Å². The highest BCUT2D eigenvalue weighted by molar-refractivity contribution is 6.31. The maximum absolute atomic E-state index is 13.2. The summed E-state index contributed by atoms with van der Waals surface area (Å²) >= 11 is 5.97. The topological polar surface area (TPSA) is 88.5 Å². The van der Waals surface area contributed by atoms with Crippen LogP contribution in [0.3, 0.4) is 0 Å². The van der Waals surface area contributed by atoms with Crippen molar-refractivity contribution < 1.29 is 22.7 Å². The highest BCUT2D eigenvalue weighted by Gasteiger charge is 2.33. The molecule has 0 spiro atoms. The lowest BCUT2D eigenvalue weighted by atomic mass is 10.2. The molecule has 1 aromatic carbocycles. The second kappa shape index (κ2) is 9.43. The molecule has 0 aliphatic heterocycles. The normalized spacial score (nSPS) is 11.4. The molecule has 3 rings (SSSR count). The summed E-state index contributed by atoms with van der Waals surface area (Å²) in [7, 11) is 1.38. The molecule has 2 N–H and O–H groups in total. The summed E-state index contributed by atoms with van der Waals surface area (Å²) in [6.45, 7) is 0. The van der Waals surface area contributed by atoms with Crippen molar-refractivity contribution in [3.63, 3.8) is 0 Å². The number of pyridine rings is 2. The van der Waals surface area contributed by atoms with Gasteiger partial charge in [-0.2, -0.15) is 18.3 Å². The minimum atomic E-state index is -4.71. The van der Waals surface area contributed by atoms with Gasteiger partial charge in [0, 0.05) is 17.4 Å². The second-order valence-electron chi connectivity index (χ2n) is 6.04. The smallest absolute Gasteiger partial charge is 0.433 e. The SMILES string of the molecule is COc1ccc(Cl)cc1Nc1nc(C(F)(F)F)ccc1C(=O)N/N=C/c1ccncc1. The number of halogens is 4. The summed E-state index contributed by atoms with van der Waals surface area (Å²) < 4.78 is 44.7. The Morgan fingerprint density at radius 3 is 2.58 bits per heavy atom. The van der Waals surface area contributed by atoms with Crippen molar-refractivity contribution in [3.8, 4) is 5.75 Å². The van der Waals surface area contributed by atoms with E-state index in [0.29, 0.717) is 22.4 Å². The fraction of sp³-hybridized carbons (Fsp3) is 0.100. The molecule has 3 aromatic rings. The molecule has 0 aliphatic carbocycles. The molecule has 2 aromatic heterocycles. The van der Waals surface area contributed by atoms with Crippen molar-refractivity contribution >= 4 is 35.2 Å². The first kappa shape index (κ1) is 22.0. The lowest BCUT2D eigenvalue weighted by Gasteiger charge is -2.15. The van der Waals surface area contributed by atoms with Crippen molar-refractivity contribution in [2.24, 2.45) is 5.10 Å². The van der Waals surface area contributed by atoms with Crippen LogP contribution in [0.15, 0.2) is 60.0 Å². The molecule has 0 saturated heterocycles. The number of alkyl halides is 3. The number of anilines is 2. The number of carbonyl (C=O) groups is 1. The summed E-state index contributed by atoms with van der Waals surface area (Å²) in [6, 6.07) is 9.55. The van der Waals surface area contributed by atoms with Crippen LogP contribution >= 0.6 is 11.6 Å². The molecule has 0 atom stereocenters. The van der Waals surface area contributed by atoms with Crippen LogP contribution in [-0.2, 0) is 6.18 Å². The Morgan fingerprint density at radius 1 is 1.16 bits per heavy atom. The van der Waals surface area contributed by atoms with Gasteiger partial charge >= 0.3 is 6.18 Å². The van der Waals surface area contributed by atoms with Crippen molar-refractivity contribution in [1.29, 1.82) is 0 Å². The molecule has 0 radical (unpaired) electrons. The Kier molecular flexibility index (Phi) is 6.71. The summed E-state index contributed by atoms with van der Waals surface area (Å²) in [5.74, 6) is -0.812. The van der Waals surface area contributed by atoms with Gasteiger partial charge in [0.15, 0.2) is 0 Å². The minimum absolute atomic E-state index is 0.165. The van der Waals surface area contributed by atoms with Gasteiger partial charge in [0.1, 0.15) is 17.3 Å². The first-order chi connectivity index (χ1) is 14.8. The van der Waals surface area contributed by atoms with E-state index in [0.717, 1.165) is 6.07 Å². The van der Waals surface area contributed by atoms with E-state index < -0.39 is 17.8 Å². The largest absolute Gasteiger partial charge is 0.495 e. The number of rotatable bonds is 6. The van der Waals surface area contributed by atoms with E-state index in [-0.39, 0.29) is 17.1 Å². The van der Waals surface area contributed by atoms with E-state index in [1.54, 1.807) is 30.6 Å². The molecule has 1 amide bonds. The molecule has 160 valence electrons. The first-order valence-electron chi connectivity index (χ1n) is 8.70. The molecule has 11 heteroatoms. The average Bonchev–Trinajstić information content (AvgIpc) is 2.74. The average molecular weight is 450 g/mol. The van der Waals surface area contributed by atoms with E-state index in [1.165, 1.54) is 25.5 Å². The zero-order valence-corrected chi connectivity index (χ0v) is 16.7. The molecule has 0 unspecified atom stereocenters. The molecule has 7 nitrogen and oxygen atoms in total. The Bertz CT molecular complexity index is 1110. The van der Waals surface area contributed by atoms with E-state index in [9.17, 15) is 18.0 Å². The maximum atomic E-state index is 13.2. The zero-order chi connectivity index (χ0) is 22.4. The van der Waals surface area contributed by atoms with Crippen LogP contribution in [0.2, 0.25) is 5.02 Å². The summed E-state index contributed by atoms with van der Waals surface area (Å²) in [5, 5.41) is 6.81. The predicted octanol–water partition coefficient (Wildman–Crippen LogP) is 4.66. The fourth-order valence-electron chi connectivity index (χ4n) is 2.48. The Hall–Kier alpha value is -3.66. The molecular weight excluding hydrogens is 435 g/mol. The van der Waals surface area contributed by atoms with Crippen molar-refractivity contribution in [1.82, 2.24) is 15.4 Å². The van der Waals surface area contributed by atoms with Gasteiger partial charge in [-0.05, 0) is 48.0 Å². The van der Waals surface area contributed by atoms with Crippen LogP contribution in [0, 0.1) is 0 Å². The number of hydrogen-bond donors (Lipinski definition) is 2. The quantitative estimate of drug-likeness (QED) is 0.422. The third kappa shape index (κ3) is 5.70. The first-order valence-corrected chi connectivity index (χ1v) is 9.08.